The Morgan fingerprint density at radius 3 is 2.72 bits per heavy atom. The van der Waals surface area contributed by atoms with Gasteiger partial charge in [0.05, 0.1) is 12.0 Å². The number of carbonyl (C=O) groups excluding carboxylic acids is 3. The number of piperazine rings is 1. The van der Waals surface area contributed by atoms with E-state index >= 15 is 0 Å². The molecule has 1 aliphatic heterocycles. The quantitative estimate of drug-likeness (QED) is 0.782. The van der Waals surface area contributed by atoms with E-state index in [9.17, 15) is 27.6 Å². The smallest absolute Gasteiger partial charge is 0.353 e. The molecule has 0 unspecified atom stereocenters. The van der Waals surface area contributed by atoms with E-state index in [0.717, 1.165) is 18.2 Å². The molecule has 136 valence electrons. The minimum absolute atomic E-state index is 0.0498. The molecule has 10 heteroatoms. The maximum absolute atomic E-state index is 12.7. The Balaban J connectivity index is 2.08. The molecular weight excluding hydrogens is 363 g/mol. The van der Waals surface area contributed by atoms with Crippen LogP contribution in [0.1, 0.15) is 12.0 Å². The lowest BCUT2D eigenvalue weighted by Gasteiger charge is -2.34. The Kier molecular flexibility index (Phi) is 5.89. The fourth-order valence-electron chi connectivity index (χ4n) is 2.45. The van der Waals surface area contributed by atoms with Crippen LogP contribution >= 0.6 is 11.6 Å². The van der Waals surface area contributed by atoms with Gasteiger partial charge in [-0.1, -0.05) is 6.07 Å². The minimum Gasteiger partial charge on any atom is -0.353 e. The zero-order chi connectivity index (χ0) is 18.6. The largest absolute Gasteiger partial charge is 0.416 e. The van der Waals surface area contributed by atoms with Crippen molar-refractivity contribution in [2.45, 2.75) is 18.6 Å². The highest BCUT2D eigenvalue weighted by Crippen LogP contribution is 2.30. The third-order valence-electron chi connectivity index (χ3n) is 3.62. The monoisotopic (exact) mass is 377 g/mol. The zero-order valence-electron chi connectivity index (χ0n) is 12.9. The van der Waals surface area contributed by atoms with Crippen LogP contribution in [0, 0.1) is 0 Å². The van der Waals surface area contributed by atoms with E-state index in [4.69, 9.17) is 11.6 Å². The van der Waals surface area contributed by atoms with Gasteiger partial charge < -0.3 is 15.5 Å². The number of alkyl halides is 4. The zero-order valence-corrected chi connectivity index (χ0v) is 13.7. The highest BCUT2D eigenvalue weighted by atomic mass is 35.5. The molecule has 0 aliphatic carbocycles. The van der Waals surface area contributed by atoms with E-state index in [2.05, 4.69) is 10.6 Å². The lowest BCUT2D eigenvalue weighted by Crippen LogP contribution is -2.58. The summed E-state index contributed by atoms with van der Waals surface area (Å²) < 4.78 is 38.1. The van der Waals surface area contributed by atoms with Crippen LogP contribution in [0.25, 0.3) is 0 Å². The normalized spacial score (nSPS) is 17.8. The third kappa shape index (κ3) is 4.85. The topological polar surface area (TPSA) is 78.5 Å². The molecule has 25 heavy (non-hydrogen) atoms. The highest BCUT2D eigenvalue weighted by Gasteiger charge is 2.34. The number of amides is 3. The van der Waals surface area contributed by atoms with Crippen LogP contribution in [-0.4, -0.2) is 47.6 Å². The second kappa shape index (κ2) is 7.73. The summed E-state index contributed by atoms with van der Waals surface area (Å²) in [5.74, 6) is -2.02. The lowest BCUT2D eigenvalue weighted by atomic mass is 10.1. The number of benzene rings is 1. The molecule has 0 bridgehead atoms. The molecule has 1 aromatic rings. The van der Waals surface area contributed by atoms with Crippen LogP contribution in [0.3, 0.4) is 0 Å². The number of hydrogen-bond acceptors (Lipinski definition) is 3. The molecule has 0 saturated carbocycles. The predicted octanol–water partition coefficient (Wildman–Crippen LogP) is 1.60. The minimum atomic E-state index is -4.53. The summed E-state index contributed by atoms with van der Waals surface area (Å²) in [6.07, 6.45) is -4.92. The molecule has 3 amide bonds. The van der Waals surface area contributed by atoms with Crippen molar-refractivity contribution in [2.24, 2.45) is 0 Å². The van der Waals surface area contributed by atoms with Crippen molar-refractivity contribution < 1.29 is 27.6 Å². The summed E-state index contributed by atoms with van der Waals surface area (Å²) in [6.45, 7) is 0.450. The van der Waals surface area contributed by atoms with Gasteiger partial charge in [0.1, 0.15) is 11.9 Å². The van der Waals surface area contributed by atoms with Gasteiger partial charge in [-0.3, -0.25) is 14.4 Å². The summed E-state index contributed by atoms with van der Waals surface area (Å²) in [4.78, 5) is 37.0. The summed E-state index contributed by atoms with van der Waals surface area (Å²) >= 11 is 5.49. The number of nitrogens with one attached hydrogen (secondary N) is 2. The van der Waals surface area contributed by atoms with Crippen LogP contribution in [0.15, 0.2) is 24.3 Å². The van der Waals surface area contributed by atoms with Gasteiger partial charge in [-0.15, -0.1) is 11.6 Å². The number of nitrogens with zero attached hydrogens (tertiary/aromatic N) is 1. The van der Waals surface area contributed by atoms with Crippen LogP contribution < -0.4 is 10.6 Å². The van der Waals surface area contributed by atoms with Crippen LogP contribution in [0.5, 0.6) is 0 Å². The van der Waals surface area contributed by atoms with Gasteiger partial charge in [-0.05, 0) is 18.2 Å². The SMILES string of the molecule is O=C(C[C@H]1C(=O)NCCN1C(=O)CCl)Nc1cccc(C(F)(F)F)c1. The van der Waals surface area contributed by atoms with Gasteiger partial charge >= 0.3 is 6.18 Å². The molecule has 0 aromatic heterocycles. The Hall–Kier alpha value is -2.29. The molecule has 1 fully saturated rings. The lowest BCUT2D eigenvalue weighted by molar-refractivity contribution is -0.143. The van der Waals surface area contributed by atoms with E-state index in [1.165, 1.54) is 11.0 Å². The van der Waals surface area contributed by atoms with Crippen molar-refractivity contribution in [3.8, 4) is 0 Å². The first-order valence-electron chi connectivity index (χ1n) is 7.32. The molecule has 1 aliphatic rings. The van der Waals surface area contributed by atoms with Gasteiger partial charge in [0, 0.05) is 18.8 Å². The highest BCUT2D eigenvalue weighted by molar-refractivity contribution is 6.27. The van der Waals surface area contributed by atoms with Gasteiger partial charge in [-0.25, -0.2) is 0 Å². The Labute approximate surface area is 146 Å². The second-order valence-corrected chi connectivity index (χ2v) is 5.63. The number of rotatable bonds is 4. The van der Waals surface area contributed by atoms with Crippen LogP contribution in [-0.2, 0) is 20.6 Å². The summed E-state index contributed by atoms with van der Waals surface area (Å²) in [5.41, 5.74) is -0.953. The number of carbonyl (C=O) groups is 3. The average Bonchev–Trinajstić information content (AvgIpc) is 2.55. The maximum atomic E-state index is 12.7. The molecule has 1 aromatic carbocycles. The van der Waals surface area contributed by atoms with E-state index in [-0.39, 0.29) is 31.1 Å². The van der Waals surface area contributed by atoms with Crippen molar-refractivity contribution in [3.63, 3.8) is 0 Å². The number of halogens is 4. The first-order chi connectivity index (χ1) is 11.7. The molecule has 1 saturated heterocycles. The summed E-state index contributed by atoms with van der Waals surface area (Å²) in [6, 6.07) is 3.09. The van der Waals surface area contributed by atoms with E-state index < -0.39 is 35.5 Å². The first-order valence-corrected chi connectivity index (χ1v) is 7.86. The molecule has 1 atom stereocenters. The predicted molar refractivity (Wildman–Crippen MR) is 83.9 cm³/mol. The Bertz CT molecular complexity index is 681. The third-order valence-corrected chi connectivity index (χ3v) is 3.85. The van der Waals surface area contributed by atoms with Gasteiger partial charge in [0.15, 0.2) is 0 Å². The molecule has 0 spiro atoms. The molecular formula is C15H15ClF3N3O3. The van der Waals surface area contributed by atoms with Crippen molar-refractivity contribution in [2.75, 3.05) is 24.3 Å². The van der Waals surface area contributed by atoms with Gasteiger partial charge in [0.25, 0.3) is 0 Å². The fourth-order valence-corrected chi connectivity index (χ4v) is 2.61. The van der Waals surface area contributed by atoms with E-state index in [0.29, 0.717) is 0 Å². The molecule has 0 radical (unpaired) electrons. The standard InChI is InChI=1S/C15H15ClF3N3O3/c16-8-13(24)22-5-4-20-14(25)11(22)7-12(23)21-10-3-1-2-9(6-10)15(17,18)19/h1-3,6,11H,4-5,7-8H2,(H,20,25)(H,21,23)/t11-/m0/s1. The van der Waals surface area contributed by atoms with Crippen molar-refractivity contribution in [1.82, 2.24) is 10.2 Å². The summed E-state index contributed by atoms with van der Waals surface area (Å²) in [5, 5.41) is 4.84. The second-order valence-electron chi connectivity index (χ2n) is 5.36. The average molecular weight is 378 g/mol. The van der Waals surface area contributed by atoms with Gasteiger partial charge in [0.2, 0.25) is 17.7 Å². The van der Waals surface area contributed by atoms with Crippen molar-refractivity contribution in [3.05, 3.63) is 29.8 Å². The molecule has 6 nitrogen and oxygen atoms in total. The number of hydrogen-bond donors (Lipinski definition) is 2. The van der Waals surface area contributed by atoms with E-state index in [1.54, 1.807) is 0 Å². The first kappa shape index (κ1) is 19.0. The molecule has 1 heterocycles. The Morgan fingerprint density at radius 1 is 1.36 bits per heavy atom. The summed E-state index contributed by atoms with van der Waals surface area (Å²) in [7, 11) is 0. The van der Waals surface area contributed by atoms with Crippen LogP contribution in [0.2, 0.25) is 0 Å². The fraction of sp³-hybridized carbons (Fsp3) is 0.400. The number of anilines is 1. The maximum Gasteiger partial charge on any atom is 0.416 e. The van der Waals surface area contributed by atoms with E-state index in [1.807, 2.05) is 0 Å². The molecule has 2 rings (SSSR count). The van der Waals surface area contributed by atoms with Crippen LogP contribution in [0.4, 0.5) is 18.9 Å². The van der Waals surface area contributed by atoms with Crippen molar-refractivity contribution in [1.29, 1.82) is 0 Å². The van der Waals surface area contributed by atoms with Gasteiger partial charge in [-0.2, -0.15) is 13.2 Å². The van der Waals surface area contributed by atoms with Crippen molar-refractivity contribution >= 4 is 35.0 Å². The molecule has 2 N–H and O–H groups in total. The Morgan fingerprint density at radius 2 is 2.08 bits per heavy atom.